The monoisotopic (exact) mass is 304 g/mol. The highest BCUT2D eigenvalue weighted by Crippen LogP contribution is 2.20. The number of hydrogen-bond acceptors (Lipinski definition) is 4. The Labute approximate surface area is 121 Å². The summed E-state index contributed by atoms with van der Waals surface area (Å²) in [6, 6.07) is 14.8. The van der Waals surface area contributed by atoms with E-state index < -0.39 is 8.77 Å². The summed E-state index contributed by atoms with van der Waals surface area (Å²) >= 11 is 5.09. The highest BCUT2D eigenvalue weighted by atomic mass is 32.8. The lowest BCUT2D eigenvalue weighted by Crippen LogP contribution is -2.09. The van der Waals surface area contributed by atoms with E-state index in [0.717, 1.165) is 16.6 Å². The molecule has 0 spiro atoms. The van der Waals surface area contributed by atoms with Crippen molar-refractivity contribution in [3.8, 4) is 6.01 Å². The van der Waals surface area contributed by atoms with Gasteiger partial charge in [-0.2, -0.15) is 4.98 Å². The first kappa shape index (κ1) is 13.1. The fraction of sp³-hybridized carbons (Fsp3) is 0.0714. The van der Waals surface area contributed by atoms with Crippen molar-refractivity contribution in [2.24, 2.45) is 0 Å². The number of para-hydroxylation sites is 2. The molecule has 0 aliphatic heterocycles. The molecule has 0 bridgehead atoms. The molecule has 3 aromatic rings. The lowest BCUT2D eigenvalue weighted by Gasteiger charge is -2.07. The summed E-state index contributed by atoms with van der Waals surface area (Å²) in [5.74, 6) is 0. The molecule has 1 N–H and O–H groups in total. The second-order valence-corrected chi connectivity index (χ2v) is 7.27. The van der Waals surface area contributed by atoms with Gasteiger partial charge in [0.15, 0.2) is 0 Å². The number of hydrogen-bond donors (Lipinski definition) is 1. The van der Waals surface area contributed by atoms with Crippen LogP contribution in [0, 0.1) is 6.92 Å². The molecule has 0 fully saturated rings. The van der Waals surface area contributed by atoms with Crippen molar-refractivity contribution in [3.05, 3.63) is 54.1 Å². The van der Waals surface area contributed by atoms with Crippen LogP contribution in [0.2, 0.25) is 0 Å². The molecule has 0 saturated carbocycles. The zero-order valence-corrected chi connectivity index (χ0v) is 12.3. The number of aromatic amines is 1. The maximum Gasteiger partial charge on any atom is 0.309 e. The third-order valence-corrected chi connectivity index (χ3v) is 4.87. The summed E-state index contributed by atoms with van der Waals surface area (Å²) in [6.45, 7) is 1.95. The summed E-state index contributed by atoms with van der Waals surface area (Å²) in [5, 5.41) is 0. The van der Waals surface area contributed by atoms with Crippen molar-refractivity contribution in [3.63, 3.8) is 0 Å². The standard InChI is InChI=1S/C14H12N2O2S2/c1-10-6-8-11(9-7-10)20(17,19)18-14-15-12-4-2-3-5-13(12)16-14/h2-9H,1H3,(H,15,16). The summed E-state index contributed by atoms with van der Waals surface area (Å²) in [6.07, 6.45) is 0. The summed E-state index contributed by atoms with van der Waals surface area (Å²) < 4.78 is 17.9. The Balaban J connectivity index is 1.94. The second-order valence-electron chi connectivity index (χ2n) is 4.41. The van der Waals surface area contributed by atoms with Crippen LogP contribution in [0.4, 0.5) is 0 Å². The van der Waals surface area contributed by atoms with Crippen LogP contribution in [-0.2, 0) is 20.0 Å². The molecule has 0 aliphatic rings. The Bertz CT molecular complexity index is 819. The Morgan fingerprint density at radius 1 is 1.15 bits per heavy atom. The van der Waals surface area contributed by atoms with Gasteiger partial charge in [-0.3, -0.25) is 0 Å². The van der Waals surface area contributed by atoms with Crippen molar-refractivity contribution >= 4 is 31.0 Å². The van der Waals surface area contributed by atoms with Gasteiger partial charge in [0.2, 0.25) is 8.77 Å². The topological polar surface area (TPSA) is 55.0 Å². The molecular weight excluding hydrogens is 292 g/mol. The van der Waals surface area contributed by atoms with Crippen LogP contribution < -0.4 is 4.18 Å². The first-order valence-corrected chi connectivity index (χ1v) is 8.41. The van der Waals surface area contributed by atoms with Crippen LogP contribution in [0.1, 0.15) is 5.56 Å². The van der Waals surface area contributed by atoms with Gasteiger partial charge in [0.1, 0.15) is 0 Å². The Morgan fingerprint density at radius 2 is 1.85 bits per heavy atom. The fourth-order valence-corrected chi connectivity index (χ4v) is 3.20. The third kappa shape index (κ3) is 2.52. The zero-order chi connectivity index (χ0) is 14.2. The second kappa shape index (κ2) is 4.88. The predicted molar refractivity (Wildman–Crippen MR) is 81.7 cm³/mol. The molecule has 1 aromatic heterocycles. The molecule has 2 aromatic carbocycles. The van der Waals surface area contributed by atoms with Gasteiger partial charge >= 0.3 is 6.01 Å². The molecule has 0 aliphatic carbocycles. The van der Waals surface area contributed by atoms with E-state index in [-0.39, 0.29) is 6.01 Å². The minimum absolute atomic E-state index is 0.173. The highest BCUT2D eigenvalue weighted by Gasteiger charge is 2.14. The molecule has 1 atom stereocenters. The van der Waals surface area contributed by atoms with Gasteiger partial charge in [0.05, 0.1) is 15.9 Å². The molecule has 20 heavy (non-hydrogen) atoms. The largest absolute Gasteiger partial charge is 0.360 e. The lowest BCUT2D eigenvalue weighted by atomic mass is 10.2. The number of fused-ring (bicyclic) bond motifs is 1. The number of imidazole rings is 1. The number of aromatic nitrogens is 2. The molecule has 0 radical (unpaired) electrons. The number of benzene rings is 2. The first-order chi connectivity index (χ1) is 9.54. The first-order valence-electron chi connectivity index (χ1n) is 6.00. The molecule has 1 heterocycles. The van der Waals surface area contributed by atoms with Gasteiger partial charge in [-0.05, 0) is 31.2 Å². The van der Waals surface area contributed by atoms with Crippen molar-refractivity contribution in [2.75, 3.05) is 0 Å². The van der Waals surface area contributed by atoms with Crippen molar-refractivity contribution in [1.82, 2.24) is 9.97 Å². The average Bonchev–Trinajstić information content (AvgIpc) is 2.80. The van der Waals surface area contributed by atoms with Crippen LogP contribution in [0.15, 0.2) is 53.4 Å². The maximum atomic E-state index is 12.5. The molecule has 3 rings (SSSR count). The molecule has 1 unspecified atom stereocenters. The predicted octanol–water partition coefficient (Wildman–Crippen LogP) is 2.97. The molecular formula is C14H12N2O2S2. The minimum atomic E-state index is -3.04. The van der Waals surface area contributed by atoms with Crippen molar-refractivity contribution in [1.29, 1.82) is 0 Å². The average molecular weight is 304 g/mol. The van der Waals surface area contributed by atoms with Crippen molar-refractivity contribution in [2.45, 2.75) is 11.8 Å². The molecule has 4 nitrogen and oxygen atoms in total. The van der Waals surface area contributed by atoms with Gasteiger partial charge in [-0.15, -0.1) is 0 Å². The van der Waals surface area contributed by atoms with E-state index in [0.29, 0.717) is 4.90 Å². The smallest absolute Gasteiger partial charge is 0.309 e. The minimum Gasteiger partial charge on any atom is -0.360 e. The van der Waals surface area contributed by atoms with E-state index in [2.05, 4.69) is 9.97 Å². The van der Waals surface area contributed by atoms with Crippen LogP contribution in [0.25, 0.3) is 11.0 Å². The SMILES string of the molecule is Cc1ccc(S(=O)(=S)Oc2nc3ccccc3[nH]2)cc1. The maximum absolute atomic E-state index is 12.5. The van der Waals surface area contributed by atoms with Gasteiger partial charge in [0, 0.05) is 11.2 Å². The summed E-state index contributed by atoms with van der Waals surface area (Å²) in [4.78, 5) is 7.64. The van der Waals surface area contributed by atoms with Gasteiger partial charge in [-0.25, -0.2) is 4.21 Å². The quantitative estimate of drug-likeness (QED) is 0.808. The van der Waals surface area contributed by atoms with E-state index in [9.17, 15) is 4.21 Å². The Kier molecular flexibility index (Phi) is 3.19. The normalized spacial score (nSPS) is 14.1. The highest BCUT2D eigenvalue weighted by molar-refractivity contribution is 8.30. The Hall–Kier alpha value is -1.92. The van der Waals surface area contributed by atoms with Crippen molar-refractivity contribution < 1.29 is 8.39 Å². The summed E-state index contributed by atoms with van der Waals surface area (Å²) in [5.41, 5.74) is 2.64. The van der Waals surface area contributed by atoms with E-state index >= 15 is 0 Å². The Morgan fingerprint density at radius 3 is 2.55 bits per heavy atom. The number of aryl methyl sites for hydroxylation is 1. The van der Waals surface area contributed by atoms with E-state index in [1.807, 2.05) is 43.3 Å². The van der Waals surface area contributed by atoms with E-state index in [4.69, 9.17) is 15.4 Å². The molecule has 6 heteroatoms. The number of nitrogens with zero attached hydrogens (tertiary/aromatic N) is 1. The molecule has 0 saturated heterocycles. The van der Waals surface area contributed by atoms with Gasteiger partial charge < -0.3 is 9.17 Å². The third-order valence-electron chi connectivity index (χ3n) is 2.87. The molecule has 102 valence electrons. The lowest BCUT2D eigenvalue weighted by molar-refractivity contribution is 0.532. The number of nitrogens with one attached hydrogen (secondary N) is 1. The van der Waals surface area contributed by atoms with Crippen LogP contribution in [0.3, 0.4) is 0 Å². The number of H-pyrrole nitrogens is 1. The van der Waals surface area contributed by atoms with Crippen LogP contribution >= 0.6 is 0 Å². The fourth-order valence-electron chi connectivity index (χ4n) is 1.83. The molecule has 0 amide bonds. The zero-order valence-electron chi connectivity index (χ0n) is 10.7. The van der Waals surface area contributed by atoms with E-state index in [1.54, 1.807) is 12.1 Å². The summed E-state index contributed by atoms with van der Waals surface area (Å²) in [7, 11) is -3.04. The van der Waals surface area contributed by atoms with E-state index in [1.165, 1.54) is 0 Å². The van der Waals surface area contributed by atoms with Gasteiger partial charge in [-0.1, -0.05) is 29.8 Å². The number of rotatable bonds is 3. The van der Waals surface area contributed by atoms with Crippen LogP contribution in [-0.4, -0.2) is 14.2 Å². The van der Waals surface area contributed by atoms with Crippen LogP contribution in [0.5, 0.6) is 6.01 Å². The van der Waals surface area contributed by atoms with Gasteiger partial charge in [0.25, 0.3) is 0 Å².